The molecule has 1 amide bonds. The second kappa shape index (κ2) is 6.73. The van der Waals surface area contributed by atoms with Crippen LogP contribution in [0.15, 0.2) is 56.5 Å². The first kappa shape index (κ1) is 16.7. The first-order valence-electron chi connectivity index (χ1n) is 6.94. The van der Waals surface area contributed by atoms with Gasteiger partial charge in [0.15, 0.2) is 5.76 Å². The van der Waals surface area contributed by atoms with Crippen LogP contribution in [0.5, 0.6) is 5.75 Å². The number of non-ortho nitro benzene ring substituents is 1. The summed E-state index contributed by atoms with van der Waals surface area (Å²) in [6.07, 6.45) is 1.40. The lowest BCUT2D eigenvalue weighted by Crippen LogP contribution is -2.16. The number of furan rings is 1. The average Bonchev–Trinajstić information content (AvgIpc) is 3.01. The molecular formula is C16H10BrN3O5. The summed E-state index contributed by atoms with van der Waals surface area (Å²) in [5, 5.41) is 24.4. The van der Waals surface area contributed by atoms with Crippen LogP contribution in [0.1, 0.15) is 16.1 Å². The fourth-order valence-corrected chi connectivity index (χ4v) is 2.48. The van der Waals surface area contributed by atoms with Crippen molar-refractivity contribution in [2.45, 2.75) is 0 Å². The maximum absolute atomic E-state index is 12.0. The molecule has 2 N–H and O–H groups in total. The molecule has 9 heteroatoms. The molecule has 1 heterocycles. The zero-order valence-corrected chi connectivity index (χ0v) is 14.1. The van der Waals surface area contributed by atoms with Crippen LogP contribution in [0.4, 0.5) is 5.69 Å². The summed E-state index contributed by atoms with van der Waals surface area (Å²) in [6, 6.07) is 10.2. The minimum absolute atomic E-state index is 0.0143. The molecule has 0 unspecified atom stereocenters. The smallest absolute Gasteiger partial charge is 0.307 e. The molecule has 0 aliphatic carbocycles. The first-order valence-corrected chi connectivity index (χ1v) is 7.73. The van der Waals surface area contributed by atoms with Crippen LogP contribution in [0.3, 0.4) is 0 Å². The van der Waals surface area contributed by atoms with Crippen molar-refractivity contribution in [1.29, 1.82) is 0 Å². The number of hydrazone groups is 1. The lowest BCUT2D eigenvalue weighted by atomic mass is 10.2. The van der Waals surface area contributed by atoms with Gasteiger partial charge in [-0.15, -0.1) is 0 Å². The van der Waals surface area contributed by atoms with Gasteiger partial charge in [-0.3, -0.25) is 14.9 Å². The van der Waals surface area contributed by atoms with E-state index in [-0.39, 0.29) is 17.2 Å². The molecule has 126 valence electrons. The molecule has 3 aromatic rings. The Morgan fingerprint density at radius 1 is 1.28 bits per heavy atom. The highest BCUT2D eigenvalue weighted by atomic mass is 79.9. The van der Waals surface area contributed by atoms with Gasteiger partial charge in [-0.25, -0.2) is 5.43 Å². The number of carbonyl (C=O) groups excluding carboxylic acids is 1. The summed E-state index contributed by atoms with van der Waals surface area (Å²) in [4.78, 5) is 22.3. The second-order valence-corrected chi connectivity index (χ2v) is 5.85. The topological polar surface area (TPSA) is 118 Å². The first-order chi connectivity index (χ1) is 11.9. The van der Waals surface area contributed by atoms with E-state index in [0.29, 0.717) is 21.0 Å². The van der Waals surface area contributed by atoms with Gasteiger partial charge >= 0.3 is 5.91 Å². The van der Waals surface area contributed by atoms with E-state index in [1.54, 1.807) is 12.1 Å². The molecule has 2 aromatic carbocycles. The Kier molecular flexibility index (Phi) is 4.48. The monoisotopic (exact) mass is 403 g/mol. The molecule has 25 heavy (non-hydrogen) atoms. The maximum atomic E-state index is 12.0. The number of nitro benzene ring substituents is 1. The van der Waals surface area contributed by atoms with Gasteiger partial charge in [0.05, 0.1) is 15.6 Å². The van der Waals surface area contributed by atoms with Crippen LogP contribution in [0.2, 0.25) is 0 Å². The van der Waals surface area contributed by atoms with Crippen molar-refractivity contribution in [3.05, 3.63) is 68.4 Å². The minimum Gasteiger partial charge on any atom is -0.507 e. The van der Waals surface area contributed by atoms with Crippen LogP contribution in [0, 0.1) is 10.1 Å². The number of nitrogens with zero attached hydrogens (tertiary/aromatic N) is 2. The van der Waals surface area contributed by atoms with Crippen LogP contribution >= 0.6 is 15.9 Å². The van der Waals surface area contributed by atoms with E-state index >= 15 is 0 Å². The standard InChI is InChI=1S/C16H10BrN3O5/c17-12-5-9(1-3-13(12)21)8-18-19-16(22)15-7-10-6-11(20(23)24)2-4-14(10)25-15/h1-8,21H,(H,19,22)/b18-8-. The molecule has 0 saturated heterocycles. The van der Waals surface area contributed by atoms with Crippen LogP contribution in [0.25, 0.3) is 11.0 Å². The SMILES string of the molecule is O=C(N/N=C\c1ccc(O)c(Br)c1)c1cc2cc([N+](=O)[O-])ccc2o1. The highest BCUT2D eigenvalue weighted by molar-refractivity contribution is 9.10. The van der Waals surface area contributed by atoms with Crippen LogP contribution < -0.4 is 5.43 Å². The molecule has 0 atom stereocenters. The summed E-state index contributed by atoms with van der Waals surface area (Å²) < 4.78 is 5.85. The fraction of sp³-hybridized carbons (Fsp3) is 0. The van der Waals surface area contributed by atoms with Crippen molar-refractivity contribution in [1.82, 2.24) is 5.43 Å². The van der Waals surface area contributed by atoms with Gasteiger partial charge in [0, 0.05) is 17.5 Å². The zero-order chi connectivity index (χ0) is 18.0. The highest BCUT2D eigenvalue weighted by Crippen LogP contribution is 2.25. The number of aromatic hydroxyl groups is 1. The molecule has 0 aliphatic heterocycles. The number of halogens is 1. The van der Waals surface area contributed by atoms with Crippen molar-refractivity contribution < 1.29 is 19.2 Å². The molecule has 0 aliphatic rings. The van der Waals surface area contributed by atoms with Gasteiger partial charge in [-0.1, -0.05) is 0 Å². The Morgan fingerprint density at radius 3 is 2.80 bits per heavy atom. The van der Waals surface area contributed by atoms with E-state index in [0.717, 1.165) is 0 Å². The number of hydrogen-bond donors (Lipinski definition) is 2. The van der Waals surface area contributed by atoms with E-state index in [1.165, 1.54) is 36.5 Å². The van der Waals surface area contributed by atoms with Crippen LogP contribution in [-0.4, -0.2) is 22.2 Å². The quantitative estimate of drug-likeness (QED) is 0.392. The molecule has 0 saturated carbocycles. The zero-order valence-electron chi connectivity index (χ0n) is 12.5. The number of rotatable bonds is 4. The number of nitrogens with one attached hydrogen (secondary N) is 1. The minimum atomic E-state index is -0.590. The van der Waals surface area contributed by atoms with Gasteiger partial charge in [0.25, 0.3) is 5.69 Å². The van der Waals surface area contributed by atoms with Crippen molar-refractivity contribution in [2.24, 2.45) is 5.10 Å². The molecule has 0 spiro atoms. The molecule has 0 fully saturated rings. The molecule has 1 aromatic heterocycles. The molecule has 8 nitrogen and oxygen atoms in total. The lowest BCUT2D eigenvalue weighted by Gasteiger charge is -1.98. The molecule has 0 radical (unpaired) electrons. The molecule has 3 rings (SSSR count). The third kappa shape index (κ3) is 3.66. The van der Waals surface area contributed by atoms with Crippen molar-refractivity contribution in [2.75, 3.05) is 0 Å². The number of benzene rings is 2. The van der Waals surface area contributed by atoms with Crippen molar-refractivity contribution >= 4 is 44.7 Å². The number of hydrogen-bond acceptors (Lipinski definition) is 6. The fourth-order valence-electron chi connectivity index (χ4n) is 2.08. The lowest BCUT2D eigenvalue weighted by molar-refractivity contribution is -0.384. The Hall–Kier alpha value is -3.20. The molecular weight excluding hydrogens is 394 g/mol. The Morgan fingerprint density at radius 2 is 2.08 bits per heavy atom. The van der Waals surface area contributed by atoms with E-state index < -0.39 is 10.8 Å². The highest BCUT2D eigenvalue weighted by Gasteiger charge is 2.14. The van der Waals surface area contributed by atoms with Gasteiger partial charge in [-0.2, -0.15) is 5.10 Å². The summed E-state index contributed by atoms with van der Waals surface area (Å²) in [7, 11) is 0. The van der Waals surface area contributed by atoms with Gasteiger partial charge in [-0.05, 0) is 51.8 Å². The van der Waals surface area contributed by atoms with Gasteiger partial charge in [0.1, 0.15) is 11.3 Å². The Labute approximate surface area is 149 Å². The summed E-state index contributed by atoms with van der Waals surface area (Å²) >= 11 is 3.18. The van der Waals surface area contributed by atoms with E-state index in [2.05, 4.69) is 26.5 Å². The number of fused-ring (bicyclic) bond motifs is 1. The van der Waals surface area contributed by atoms with E-state index in [1.807, 2.05) is 0 Å². The Bertz CT molecular complexity index is 1010. The summed E-state index contributed by atoms with van der Waals surface area (Å²) in [5.41, 5.74) is 3.24. The summed E-state index contributed by atoms with van der Waals surface area (Å²) in [6.45, 7) is 0. The number of carbonyl (C=O) groups is 1. The average molecular weight is 404 g/mol. The van der Waals surface area contributed by atoms with Crippen molar-refractivity contribution in [3.63, 3.8) is 0 Å². The third-order valence-corrected chi connectivity index (χ3v) is 3.92. The predicted molar refractivity (Wildman–Crippen MR) is 93.7 cm³/mol. The van der Waals surface area contributed by atoms with Gasteiger partial charge < -0.3 is 9.52 Å². The second-order valence-electron chi connectivity index (χ2n) is 5.00. The number of phenolic OH excluding ortho intramolecular Hbond substituents is 1. The normalized spacial score (nSPS) is 11.1. The largest absolute Gasteiger partial charge is 0.507 e. The number of nitro groups is 1. The van der Waals surface area contributed by atoms with Crippen molar-refractivity contribution in [3.8, 4) is 5.75 Å². The number of phenols is 1. The molecule has 0 bridgehead atoms. The Balaban J connectivity index is 1.74. The van der Waals surface area contributed by atoms with E-state index in [4.69, 9.17) is 4.42 Å². The maximum Gasteiger partial charge on any atom is 0.307 e. The van der Waals surface area contributed by atoms with Crippen LogP contribution in [-0.2, 0) is 0 Å². The summed E-state index contributed by atoms with van der Waals surface area (Å²) in [5.74, 6) is -0.509. The third-order valence-electron chi connectivity index (χ3n) is 3.29. The number of amides is 1. The van der Waals surface area contributed by atoms with E-state index in [9.17, 15) is 20.0 Å². The van der Waals surface area contributed by atoms with Gasteiger partial charge in [0.2, 0.25) is 0 Å². The predicted octanol–water partition coefficient (Wildman–Crippen LogP) is 3.57.